The molecule has 1 atom stereocenters. The van der Waals surface area contributed by atoms with Gasteiger partial charge in [-0.25, -0.2) is 0 Å². The van der Waals surface area contributed by atoms with Gasteiger partial charge in [-0.1, -0.05) is 17.7 Å². The normalized spacial score (nSPS) is 18.9. The maximum absolute atomic E-state index is 13.2. The fourth-order valence-corrected chi connectivity index (χ4v) is 4.54. The van der Waals surface area contributed by atoms with Gasteiger partial charge in [0.1, 0.15) is 6.23 Å². The number of rotatable bonds is 3. The number of fused-ring (bicyclic) bond motifs is 1. The summed E-state index contributed by atoms with van der Waals surface area (Å²) in [6, 6.07) is 10.2. The third kappa shape index (κ3) is 3.42. The summed E-state index contributed by atoms with van der Waals surface area (Å²) in [5.41, 5.74) is 3.09. The molecule has 0 radical (unpaired) electrons. The van der Waals surface area contributed by atoms with Crippen molar-refractivity contribution >= 4 is 32.5 Å². The van der Waals surface area contributed by atoms with Crippen molar-refractivity contribution in [3.8, 4) is 0 Å². The van der Waals surface area contributed by atoms with Crippen LogP contribution in [0.2, 0.25) is 5.02 Å². The van der Waals surface area contributed by atoms with E-state index in [1.165, 1.54) is 6.26 Å². The first-order chi connectivity index (χ1) is 11.1. The van der Waals surface area contributed by atoms with Crippen LogP contribution < -0.4 is 10.0 Å². The second-order valence-electron chi connectivity index (χ2n) is 6.37. The molecular weight excluding hydrogens is 348 g/mol. The average Bonchev–Trinajstić information content (AvgIpc) is 2.49. The number of hydrogen-bond donors (Lipinski definition) is 4. The summed E-state index contributed by atoms with van der Waals surface area (Å²) in [5, 5.41) is 13.1. The predicted octanol–water partition coefficient (Wildman–Crippen LogP) is 3.63. The topological polar surface area (TPSA) is 81.6 Å². The lowest BCUT2D eigenvalue weighted by Gasteiger charge is -2.41. The van der Waals surface area contributed by atoms with E-state index >= 15 is 0 Å². The van der Waals surface area contributed by atoms with E-state index in [2.05, 4.69) is 10.0 Å². The standard InChI is InChI=1S/C17H21ClN2O3S/c1-11-3-5-13(10-15(11)18)20-24(2,22,23)14-6-7-16-12(9-14)4-8-17(21)19-16/h3,5-7,9-10,17,19,21H,4,8H2,1-2H3,(H2,20,22,23). The molecule has 0 aliphatic carbocycles. The van der Waals surface area contributed by atoms with Crippen LogP contribution in [0.3, 0.4) is 0 Å². The molecule has 130 valence electrons. The van der Waals surface area contributed by atoms with E-state index in [4.69, 9.17) is 11.6 Å². The Morgan fingerprint density at radius 3 is 2.75 bits per heavy atom. The van der Waals surface area contributed by atoms with E-state index in [9.17, 15) is 13.9 Å². The highest BCUT2D eigenvalue weighted by Gasteiger charge is 2.26. The van der Waals surface area contributed by atoms with Crippen molar-refractivity contribution in [3.63, 3.8) is 0 Å². The molecule has 0 bridgehead atoms. The second kappa shape index (κ2) is 5.74. The van der Waals surface area contributed by atoms with Crippen molar-refractivity contribution in [2.45, 2.75) is 30.9 Å². The van der Waals surface area contributed by atoms with Gasteiger partial charge in [0.05, 0.1) is 10.6 Å². The Morgan fingerprint density at radius 2 is 2.04 bits per heavy atom. The first kappa shape index (κ1) is 17.2. The van der Waals surface area contributed by atoms with Crippen molar-refractivity contribution in [1.29, 1.82) is 0 Å². The van der Waals surface area contributed by atoms with Gasteiger partial charge in [-0.15, -0.1) is 9.53 Å². The molecule has 4 N–H and O–H groups in total. The Morgan fingerprint density at radius 1 is 1.29 bits per heavy atom. The third-order valence-electron chi connectivity index (χ3n) is 4.17. The minimum absolute atomic E-state index is 0.306. The first-order valence-electron chi connectivity index (χ1n) is 7.64. The molecule has 24 heavy (non-hydrogen) atoms. The zero-order chi connectivity index (χ0) is 17.6. The minimum atomic E-state index is -4.29. The molecule has 2 aromatic carbocycles. The fourth-order valence-electron chi connectivity index (χ4n) is 2.75. The van der Waals surface area contributed by atoms with Crippen LogP contribution in [-0.2, 0) is 16.0 Å². The van der Waals surface area contributed by atoms with E-state index in [-0.39, 0.29) is 0 Å². The zero-order valence-electron chi connectivity index (χ0n) is 13.5. The van der Waals surface area contributed by atoms with Gasteiger partial charge in [0, 0.05) is 17.0 Å². The van der Waals surface area contributed by atoms with E-state index in [0.29, 0.717) is 28.4 Å². The predicted molar refractivity (Wildman–Crippen MR) is 99.2 cm³/mol. The van der Waals surface area contributed by atoms with Crippen molar-refractivity contribution in [2.24, 2.45) is 0 Å². The maximum Gasteiger partial charge on any atom is 0.124 e. The van der Waals surface area contributed by atoms with Crippen LogP contribution >= 0.6 is 11.6 Å². The van der Waals surface area contributed by atoms with Gasteiger partial charge in [-0.2, -0.15) is 4.21 Å². The van der Waals surface area contributed by atoms with E-state index in [1.807, 2.05) is 6.92 Å². The van der Waals surface area contributed by atoms with Crippen LogP contribution in [0.5, 0.6) is 0 Å². The second-order valence-corrected chi connectivity index (χ2v) is 10.0. The van der Waals surface area contributed by atoms with Crippen LogP contribution in [0.15, 0.2) is 41.3 Å². The average molecular weight is 369 g/mol. The first-order valence-corrected chi connectivity index (χ1v) is 10.3. The van der Waals surface area contributed by atoms with Crippen LogP contribution in [-0.4, -0.2) is 26.4 Å². The largest absolute Gasteiger partial charge is 0.374 e. The van der Waals surface area contributed by atoms with Crippen LogP contribution in [0.4, 0.5) is 11.4 Å². The Labute approximate surface area is 146 Å². The van der Waals surface area contributed by atoms with E-state index in [1.54, 1.807) is 36.4 Å². The van der Waals surface area contributed by atoms with Crippen LogP contribution in [0.1, 0.15) is 17.5 Å². The van der Waals surface area contributed by atoms with Crippen molar-refractivity contribution in [1.82, 2.24) is 0 Å². The molecule has 1 aliphatic rings. The van der Waals surface area contributed by atoms with Gasteiger partial charge in [-0.3, -0.25) is 9.27 Å². The van der Waals surface area contributed by atoms with Gasteiger partial charge < -0.3 is 10.4 Å². The maximum atomic E-state index is 13.2. The lowest BCUT2D eigenvalue weighted by molar-refractivity contribution is 0.189. The third-order valence-corrected chi connectivity index (χ3v) is 6.66. The molecule has 1 unspecified atom stereocenters. The summed E-state index contributed by atoms with van der Waals surface area (Å²) < 4.78 is 26.8. The number of anilines is 2. The molecule has 0 spiro atoms. The summed E-state index contributed by atoms with van der Waals surface area (Å²) in [7, 11) is -4.29. The summed E-state index contributed by atoms with van der Waals surface area (Å²) in [6.07, 6.45) is 1.93. The SMILES string of the molecule is Cc1ccc(NS(C)(=O)(O)c2ccc3c(c2)CCC(O)N3)cc1Cl. The molecule has 0 fully saturated rings. The fraction of sp³-hybridized carbons (Fsp3) is 0.294. The highest BCUT2D eigenvalue weighted by atomic mass is 35.5. The number of hydrogen-bond acceptors (Lipinski definition) is 3. The molecule has 2 aromatic rings. The van der Waals surface area contributed by atoms with Crippen LogP contribution in [0, 0.1) is 6.92 Å². The molecular formula is C17H21ClN2O3S. The molecule has 0 amide bonds. The van der Waals surface area contributed by atoms with E-state index < -0.39 is 15.8 Å². The Kier molecular flexibility index (Phi) is 4.12. The monoisotopic (exact) mass is 368 g/mol. The molecule has 3 rings (SSSR count). The highest BCUT2D eigenvalue weighted by Crippen LogP contribution is 2.35. The number of aliphatic hydroxyl groups excluding tert-OH is 1. The van der Waals surface area contributed by atoms with Gasteiger partial charge in [0.2, 0.25) is 0 Å². The van der Waals surface area contributed by atoms with Gasteiger partial charge in [0.15, 0.2) is 0 Å². The minimum Gasteiger partial charge on any atom is -0.374 e. The molecule has 7 heteroatoms. The van der Waals surface area contributed by atoms with Gasteiger partial charge in [-0.05, 0) is 61.2 Å². The molecule has 1 aliphatic heterocycles. The number of nitrogens with one attached hydrogen (secondary N) is 2. The van der Waals surface area contributed by atoms with Crippen molar-refractivity contribution < 1.29 is 13.9 Å². The summed E-state index contributed by atoms with van der Waals surface area (Å²) in [5.74, 6) is 0. The quantitative estimate of drug-likeness (QED) is 0.666. The van der Waals surface area contributed by atoms with Gasteiger partial charge >= 0.3 is 0 Å². The summed E-state index contributed by atoms with van der Waals surface area (Å²) in [6.45, 7) is 1.87. The Bertz CT molecular complexity index is 863. The zero-order valence-corrected chi connectivity index (χ0v) is 15.1. The smallest absolute Gasteiger partial charge is 0.124 e. The van der Waals surface area contributed by atoms with Crippen molar-refractivity contribution in [2.75, 3.05) is 16.3 Å². The Hall–Kier alpha value is -1.60. The number of aliphatic hydroxyl groups is 1. The summed E-state index contributed by atoms with van der Waals surface area (Å²) in [4.78, 5) is 0.306. The summed E-state index contributed by atoms with van der Waals surface area (Å²) >= 11 is 6.10. The van der Waals surface area contributed by atoms with E-state index in [0.717, 1.165) is 16.8 Å². The number of halogens is 1. The Balaban J connectivity index is 1.96. The lowest BCUT2D eigenvalue weighted by atomic mass is 10.0. The number of benzene rings is 2. The number of aryl methyl sites for hydroxylation is 2. The highest BCUT2D eigenvalue weighted by molar-refractivity contribution is 8.15. The molecule has 0 saturated heterocycles. The van der Waals surface area contributed by atoms with Gasteiger partial charge in [0.25, 0.3) is 0 Å². The lowest BCUT2D eigenvalue weighted by Crippen LogP contribution is -2.39. The van der Waals surface area contributed by atoms with Crippen molar-refractivity contribution in [3.05, 3.63) is 52.5 Å². The molecule has 5 nitrogen and oxygen atoms in total. The molecule has 0 saturated carbocycles. The molecule has 1 heterocycles. The van der Waals surface area contributed by atoms with Crippen LogP contribution in [0.25, 0.3) is 0 Å². The molecule has 0 aromatic heterocycles.